The molecule has 4 heteroatoms. The van der Waals surface area contributed by atoms with Crippen LogP contribution in [0.5, 0.6) is 0 Å². The van der Waals surface area contributed by atoms with Crippen molar-refractivity contribution < 1.29 is 14.6 Å². The molecule has 0 bridgehead atoms. The molecular weight excluding hydrogens is 302 g/mol. The fraction of sp³-hybridized carbons (Fsp3) is 0.350. The molecule has 0 aliphatic heterocycles. The van der Waals surface area contributed by atoms with Crippen LogP contribution in [0, 0.1) is 0 Å². The van der Waals surface area contributed by atoms with E-state index in [-0.39, 0.29) is 12.5 Å². The zero-order chi connectivity index (χ0) is 17.0. The summed E-state index contributed by atoms with van der Waals surface area (Å²) in [5.74, 6) is -0.176. The van der Waals surface area contributed by atoms with Gasteiger partial charge < -0.3 is 15.2 Å². The fourth-order valence-electron chi connectivity index (χ4n) is 3.38. The van der Waals surface area contributed by atoms with Crippen molar-refractivity contribution in [2.45, 2.75) is 31.5 Å². The van der Waals surface area contributed by atoms with Gasteiger partial charge in [-0.15, -0.1) is 0 Å². The van der Waals surface area contributed by atoms with Crippen LogP contribution >= 0.6 is 0 Å². The van der Waals surface area contributed by atoms with Gasteiger partial charge in [0.2, 0.25) is 0 Å². The molecule has 1 atom stereocenters. The third-order valence-electron chi connectivity index (χ3n) is 4.60. The van der Waals surface area contributed by atoms with Crippen LogP contribution in [0.2, 0.25) is 0 Å². The Bertz CT molecular complexity index is 728. The molecule has 0 heterocycles. The summed E-state index contributed by atoms with van der Waals surface area (Å²) in [7, 11) is 1.63. The number of carbonyl (C=O) groups is 1. The van der Waals surface area contributed by atoms with E-state index < -0.39 is 5.60 Å². The van der Waals surface area contributed by atoms with Crippen molar-refractivity contribution in [2.75, 3.05) is 13.7 Å². The van der Waals surface area contributed by atoms with E-state index in [0.29, 0.717) is 18.6 Å². The SMILES string of the molecule is COCc1cccc(C(=O)NC[C@]2(O)CCCc3ccccc32)c1. The van der Waals surface area contributed by atoms with Gasteiger partial charge in [0.15, 0.2) is 0 Å². The van der Waals surface area contributed by atoms with E-state index >= 15 is 0 Å². The Hall–Kier alpha value is -2.17. The maximum atomic E-state index is 12.4. The lowest BCUT2D eigenvalue weighted by molar-refractivity contribution is 0.0189. The Labute approximate surface area is 142 Å². The van der Waals surface area contributed by atoms with Crippen molar-refractivity contribution >= 4 is 5.91 Å². The van der Waals surface area contributed by atoms with Crippen LogP contribution in [0.3, 0.4) is 0 Å². The van der Waals surface area contributed by atoms with E-state index in [1.807, 2.05) is 36.4 Å². The summed E-state index contributed by atoms with van der Waals surface area (Å²) in [6.45, 7) is 0.690. The number of fused-ring (bicyclic) bond motifs is 1. The minimum absolute atomic E-state index is 0.176. The number of hydrogen-bond acceptors (Lipinski definition) is 3. The Morgan fingerprint density at radius 3 is 2.92 bits per heavy atom. The highest BCUT2D eigenvalue weighted by atomic mass is 16.5. The van der Waals surface area contributed by atoms with Crippen LogP contribution in [0.15, 0.2) is 48.5 Å². The third kappa shape index (κ3) is 3.50. The molecule has 126 valence electrons. The van der Waals surface area contributed by atoms with E-state index in [1.165, 1.54) is 5.56 Å². The van der Waals surface area contributed by atoms with Gasteiger partial charge in [-0.05, 0) is 48.1 Å². The van der Waals surface area contributed by atoms with Gasteiger partial charge in [-0.25, -0.2) is 0 Å². The molecule has 0 fully saturated rings. The van der Waals surface area contributed by atoms with E-state index in [0.717, 1.165) is 24.0 Å². The van der Waals surface area contributed by atoms with E-state index in [4.69, 9.17) is 4.74 Å². The van der Waals surface area contributed by atoms with Crippen molar-refractivity contribution in [3.8, 4) is 0 Å². The molecule has 1 amide bonds. The minimum Gasteiger partial charge on any atom is -0.383 e. The molecule has 3 rings (SSSR count). The maximum absolute atomic E-state index is 12.4. The quantitative estimate of drug-likeness (QED) is 0.889. The van der Waals surface area contributed by atoms with Gasteiger partial charge >= 0.3 is 0 Å². The third-order valence-corrected chi connectivity index (χ3v) is 4.60. The highest BCUT2D eigenvalue weighted by Gasteiger charge is 2.34. The standard InChI is InChI=1S/C20H23NO3/c1-24-13-15-6-4-8-17(12-15)19(22)21-14-20(23)11-5-9-16-7-2-3-10-18(16)20/h2-4,6-8,10,12,23H,5,9,11,13-14H2,1H3,(H,21,22)/t20-/m1/s1. The monoisotopic (exact) mass is 325 g/mol. The second kappa shape index (κ2) is 7.16. The molecule has 24 heavy (non-hydrogen) atoms. The van der Waals surface area contributed by atoms with Crippen LogP contribution in [0.1, 0.15) is 39.9 Å². The molecule has 0 saturated heterocycles. The molecule has 4 nitrogen and oxygen atoms in total. The molecular formula is C20H23NO3. The molecule has 1 aliphatic carbocycles. The summed E-state index contributed by atoms with van der Waals surface area (Å²) in [4.78, 5) is 12.4. The number of benzene rings is 2. The van der Waals surface area contributed by atoms with Crippen molar-refractivity contribution in [1.29, 1.82) is 0 Å². The van der Waals surface area contributed by atoms with E-state index in [2.05, 4.69) is 11.4 Å². The second-order valence-corrected chi connectivity index (χ2v) is 6.36. The first-order valence-corrected chi connectivity index (χ1v) is 8.29. The Balaban J connectivity index is 1.72. The van der Waals surface area contributed by atoms with Crippen LogP contribution in [-0.4, -0.2) is 24.7 Å². The molecule has 0 aromatic heterocycles. The van der Waals surface area contributed by atoms with Crippen molar-refractivity contribution in [2.24, 2.45) is 0 Å². The Morgan fingerprint density at radius 2 is 2.08 bits per heavy atom. The normalized spacial score (nSPS) is 19.6. The first-order valence-electron chi connectivity index (χ1n) is 8.29. The summed E-state index contributed by atoms with van der Waals surface area (Å²) in [5.41, 5.74) is 2.64. The van der Waals surface area contributed by atoms with Crippen LogP contribution in [-0.2, 0) is 23.4 Å². The number of nitrogens with one attached hydrogen (secondary N) is 1. The summed E-state index contributed by atoms with van der Waals surface area (Å²) in [6.07, 6.45) is 2.56. The highest BCUT2D eigenvalue weighted by molar-refractivity contribution is 5.94. The number of aryl methyl sites for hydroxylation is 1. The smallest absolute Gasteiger partial charge is 0.251 e. The fourth-order valence-corrected chi connectivity index (χ4v) is 3.38. The molecule has 0 spiro atoms. The van der Waals surface area contributed by atoms with Crippen LogP contribution in [0.25, 0.3) is 0 Å². The van der Waals surface area contributed by atoms with Crippen LogP contribution < -0.4 is 5.32 Å². The molecule has 2 aromatic carbocycles. The van der Waals surface area contributed by atoms with Gasteiger partial charge in [0.1, 0.15) is 5.60 Å². The minimum atomic E-state index is -0.991. The number of rotatable bonds is 5. The number of ether oxygens (including phenoxy) is 1. The lowest BCUT2D eigenvalue weighted by Crippen LogP contribution is -2.43. The number of amides is 1. The molecule has 2 aromatic rings. The first kappa shape index (κ1) is 16.7. The lowest BCUT2D eigenvalue weighted by atomic mass is 9.79. The average Bonchev–Trinajstić information content (AvgIpc) is 2.61. The van der Waals surface area contributed by atoms with Gasteiger partial charge in [-0.2, -0.15) is 0 Å². The first-order chi connectivity index (χ1) is 11.6. The van der Waals surface area contributed by atoms with Crippen molar-refractivity contribution in [3.63, 3.8) is 0 Å². The summed E-state index contributed by atoms with van der Waals surface area (Å²) in [5, 5.41) is 13.9. The number of carbonyl (C=O) groups excluding carboxylic acids is 1. The van der Waals surface area contributed by atoms with Gasteiger partial charge in [0.05, 0.1) is 13.2 Å². The summed E-state index contributed by atoms with van der Waals surface area (Å²) in [6, 6.07) is 15.3. The maximum Gasteiger partial charge on any atom is 0.251 e. The summed E-state index contributed by atoms with van der Waals surface area (Å²) < 4.78 is 5.10. The molecule has 0 radical (unpaired) electrons. The topological polar surface area (TPSA) is 58.6 Å². The number of hydrogen-bond donors (Lipinski definition) is 2. The van der Waals surface area contributed by atoms with E-state index in [1.54, 1.807) is 13.2 Å². The van der Waals surface area contributed by atoms with Gasteiger partial charge in [-0.3, -0.25) is 4.79 Å². The number of methoxy groups -OCH3 is 1. The molecule has 0 unspecified atom stereocenters. The molecule has 0 saturated carbocycles. The van der Waals surface area contributed by atoms with Gasteiger partial charge in [-0.1, -0.05) is 36.4 Å². The molecule has 2 N–H and O–H groups in total. The molecule has 1 aliphatic rings. The second-order valence-electron chi connectivity index (χ2n) is 6.36. The average molecular weight is 325 g/mol. The predicted octanol–water partition coefficient (Wildman–Crippen LogP) is 2.79. The largest absolute Gasteiger partial charge is 0.383 e. The zero-order valence-electron chi connectivity index (χ0n) is 13.9. The Kier molecular flexibility index (Phi) is 4.97. The van der Waals surface area contributed by atoms with E-state index in [9.17, 15) is 9.90 Å². The predicted molar refractivity (Wildman–Crippen MR) is 92.8 cm³/mol. The van der Waals surface area contributed by atoms with Gasteiger partial charge in [0.25, 0.3) is 5.91 Å². The van der Waals surface area contributed by atoms with Crippen LogP contribution in [0.4, 0.5) is 0 Å². The van der Waals surface area contributed by atoms with Crippen molar-refractivity contribution in [3.05, 3.63) is 70.8 Å². The lowest BCUT2D eigenvalue weighted by Gasteiger charge is -2.34. The number of aliphatic hydroxyl groups is 1. The van der Waals surface area contributed by atoms with Crippen molar-refractivity contribution in [1.82, 2.24) is 5.32 Å². The highest BCUT2D eigenvalue weighted by Crippen LogP contribution is 2.34. The summed E-state index contributed by atoms with van der Waals surface area (Å²) >= 11 is 0. The Morgan fingerprint density at radius 1 is 1.25 bits per heavy atom. The zero-order valence-corrected chi connectivity index (χ0v) is 13.9. The van der Waals surface area contributed by atoms with Gasteiger partial charge in [0, 0.05) is 12.7 Å².